The summed E-state index contributed by atoms with van der Waals surface area (Å²) in [6.07, 6.45) is 0.580. The molecule has 1 amide bonds. The molecular weight excluding hydrogens is 557 g/mol. The van der Waals surface area contributed by atoms with Crippen LogP contribution in [0, 0.1) is 5.41 Å². The molecule has 14 heteroatoms. The Morgan fingerprint density at radius 1 is 1.18 bits per heavy atom. The van der Waals surface area contributed by atoms with Gasteiger partial charge in [0, 0.05) is 13.1 Å². The number of carbonyl (C=O) groups excluding carboxylic acids is 1. The number of rotatable bonds is 11. The first-order chi connectivity index (χ1) is 18.4. The summed E-state index contributed by atoms with van der Waals surface area (Å²) in [5.41, 5.74) is 1.49. The quantitative estimate of drug-likeness (QED) is 0.328. The molecule has 1 aromatic heterocycles. The monoisotopic (exact) mass is 588 g/mol. The second-order valence-electron chi connectivity index (χ2n) is 9.74. The van der Waals surface area contributed by atoms with Gasteiger partial charge in [0.1, 0.15) is 5.82 Å². The van der Waals surface area contributed by atoms with Crippen LogP contribution in [-0.2, 0) is 10.0 Å². The van der Waals surface area contributed by atoms with Crippen molar-refractivity contribution in [2.24, 2.45) is 5.41 Å². The number of anilines is 3. The number of benzene rings is 1. The first kappa shape index (κ1) is 29.3. The maximum Gasteiger partial charge on any atom is 0.392 e. The number of aliphatic hydroxyl groups is 1. The molecule has 3 N–H and O–H groups in total. The van der Waals surface area contributed by atoms with E-state index >= 15 is 0 Å². The third-order valence-electron chi connectivity index (χ3n) is 6.91. The standard InChI is InChI=1S/C25H31F3N4O5S2/c1-38-20-4-5-21(30-23(20)37-14-10-25(26,27)28)29-22(34)18-3-2-17(31-39(35,36)15-13-33)16-19(18)32-11-8-24(6-7-24)9-12-32/h2-5,16,31,33H,6-15H2,1H3,(H,29,30,34). The minimum Gasteiger partial charge on any atom is -0.476 e. The average Bonchev–Trinajstić information content (AvgIpc) is 3.62. The first-order valence-electron chi connectivity index (χ1n) is 12.5. The summed E-state index contributed by atoms with van der Waals surface area (Å²) in [6.45, 7) is 0.298. The molecule has 4 rings (SSSR count). The molecule has 39 heavy (non-hydrogen) atoms. The number of amides is 1. The van der Waals surface area contributed by atoms with Crippen LogP contribution in [0.15, 0.2) is 35.2 Å². The van der Waals surface area contributed by atoms with Crippen LogP contribution in [0.4, 0.5) is 30.4 Å². The number of nitrogens with one attached hydrogen (secondary N) is 2. The SMILES string of the molecule is CSc1ccc(NC(=O)c2ccc(NS(=O)(=O)CCO)cc2N2CCC3(CC2)CC3)nc1OCCC(F)(F)F. The minimum atomic E-state index is -4.37. The number of alkyl halides is 3. The lowest BCUT2D eigenvalue weighted by molar-refractivity contribution is -0.139. The van der Waals surface area contributed by atoms with Crippen molar-refractivity contribution in [1.29, 1.82) is 0 Å². The van der Waals surface area contributed by atoms with E-state index in [1.807, 2.05) is 0 Å². The van der Waals surface area contributed by atoms with Crippen molar-refractivity contribution >= 4 is 44.9 Å². The number of hydrogen-bond acceptors (Lipinski definition) is 8. The van der Waals surface area contributed by atoms with Gasteiger partial charge in [-0.2, -0.15) is 18.2 Å². The Balaban J connectivity index is 1.56. The van der Waals surface area contributed by atoms with Gasteiger partial charge in [0.05, 0.1) is 47.2 Å². The molecule has 1 saturated heterocycles. The molecule has 1 aromatic carbocycles. The number of nitrogens with zero attached hydrogens (tertiary/aromatic N) is 2. The Kier molecular flexibility index (Phi) is 8.86. The van der Waals surface area contributed by atoms with Crippen molar-refractivity contribution in [3.05, 3.63) is 35.9 Å². The van der Waals surface area contributed by atoms with Gasteiger partial charge in [-0.3, -0.25) is 9.52 Å². The Hall–Kier alpha value is -2.71. The Bertz CT molecular complexity index is 1290. The van der Waals surface area contributed by atoms with E-state index in [2.05, 4.69) is 19.9 Å². The zero-order chi connectivity index (χ0) is 28.3. The van der Waals surface area contributed by atoms with Crippen LogP contribution < -0.4 is 19.7 Å². The fourth-order valence-corrected chi connectivity index (χ4v) is 5.81. The molecular formula is C25H31F3N4O5S2. The van der Waals surface area contributed by atoms with E-state index in [1.54, 1.807) is 18.4 Å². The van der Waals surface area contributed by atoms with Crippen molar-refractivity contribution in [3.8, 4) is 5.88 Å². The third kappa shape index (κ3) is 7.92. The van der Waals surface area contributed by atoms with Gasteiger partial charge in [0.15, 0.2) is 0 Å². The zero-order valence-corrected chi connectivity index (χ0v) is 23.0. The van der Waals surface area contributed by atoms with Gasteiger partial charge in [-0.05, 0) is 67.7 Å². The van der Waals surface area contributed by atoms with Crippen LogP contribution in [-0.4, -0.2) is 68.9 Å². The summed E-state index contributed by atoms with van der Waals surface area (Å²) in [5, 5.41) is 11.7. The highest BCUT2D eigenvalue weighted by Gasteiger charge is 2.44. The molecule has 1 saturated carbocycles. The van der Waals surface area contributed by atoms with E-state index < -0.39 is 47.5 Å². The van der Waals surface area contributed by atoms with Crippen molar-refractivity contribution < 1.29 is 36.2 Å². The number of sulfonamides is 1. The summed E-state index contributed by atoms with van der Waals surface area (Å²) in [4.78, 5) is 20.2. The number of thioether (sulfide) groups is 1. The van der Waals surface area contributed by atoms with Crippen LogP contribution in [0.1, 0.15) is 42.5 Å². The van der Waals surface area contributed by atoms with E-state index in [0.29, 0.717) is 34.7 Å². The summed E-state index contributed by atoms with van der Waals surface area (Å²) in [7, 11) is -3.77. The van der Waals surface area contributed by atoms with Crippen molar-refractivity contribution in [3.63, 3.8) is 0 Å². The van der Waals surface area contributed by atoms with Crippen molar-refractivity contribution in [2.75, 3.05) is 53.3 Å². The van der Waals surface area contributed by atoms with Crippen LogP contribution in [0.5, 0.6) is 5.88 Å². The molecule has 2 heterocycles. The first-order valence-corrected chi connectivity index (χ1v) is 15.4. The summed E-state index contributed by atoms with van der Waals surface area (Å²) in [6, 6.07) is 7.73. The van der Waals surface area contributed by atoms with Gasteiger partial charge in [-0.25, -0.2) is 8.42 Å². The molecule has 2 aliphatic rings. The molecule has 2 aromatic rings. The number of carbonyl (C=O) groups is 1. The van der Waals surface area contributed by atoms with Gasteiger partial charge in [0.2, 0.25) is 15.9 Å². The Morgan fingerprint density at radius 2 is 1.90 bits per heavy atom. The zero-order valence-electron chi connectivity index (χ0n) is 21.4. The summed E-state index contributed by atoms with van der Waals surface area (Å²) >= 11 is 1.25. The second kappa shape index (κ2) is 11.8. The van der Waals surface area contributed by atoms with E-state index in [0.717, 1.165) is 12.8 Å². The summed E-state index contributed by atoms with van der Waals surface area (Å²) in [5.74, 6) is -0.868. The van der Waals surface area contributed by atoms with Crippen molar-refractivity contribution in [2.45, 2.75) is 43.2 Å². The molecule has 0 bridgehead atoms. The second-order valence-corrected chi connectivity index (χ2v) is 12.4. The predicted octanol–water partition coefficient (Wildman–Crippen LogP) is 4.50. The molecule has 1 aliphatic heterocycles. The van der Waals surface area contributed by atoms with Gasteiger partial charge in [-0.1, -0.05) is 0 Å². The lowest BCUT2D eigenvalue weighted by atomic mass is 9.93. The average molecular weight is 589 g/mol. The number of piperidine rings is 1. The Morgan fingerprint density at radius 3 is 2.51 bits per heavy atom. The molecule has 214 valence electrons. The van der Waals surface area contributed by atoms with Gasteiger partial charge >= 0.3 is 6.18 Å². The number of aliphatic hydroxyl groups excluding tert-OH is 1. The molecule has 0 unspecified atom stereocenters. The van der Waals surface area contributed by atoms with Crippen LogP contribution >= 0.6 is 11.8 Å². The fourth-order valence-electron chi connectivity index (χ4n) is 4.50. The normalized spacial score (nSPS) is 16.7. The molecule has 1 spiro atoms. The molecule has 2 fully saturated rings. The molecule has 0 radical (unpaired) electrons. The van der Waals surface area contributed by atoms with Gasteiger partial charge in [0.25, 0.3) is 5.91 Å². The highest BCUT2D eigenvalue weighted by Crippen LogP contribution is 2.54. The van der Waals surface area contributed by atoms with E-state index in [1.165, 1.54) is 42.8 Å². The molecule has 9 nitrogen and oxygen atoms in total. The number of hydrogen-bond donors (Lipinski definition) is 3. The third-order valence-corrected chi connectivity index (χ3v) is 8.93. The highest BCUT2D eigenvalue weighted by atomic mass is 32.2. The number of ether oxygens (including phenoxy) is 1. The summed E-state index contributed by atoms with van der Waals surface area (Å²) < 4.78 is 69.8. The number of aromatic nitrogens is 1. The van der Waals surface area contributed by atoms with Gasteiger partial charge < -0.3 is 20.1 Å². The smallest absolute Gasteiger partial charge is 0.392 e. The minimum absolute atomic E-state index is 0.0100. The molecule has 0 atom stereocenters. The lowest BCUT2D eigenvalue weighted by Gasteiger charge is -2.35. The van der Waals surface area contributed by atoms with Gasteiger partial charge in [-0.15, -0.1) is 11.8 Å². The maximum atomic E-state index is 13.4. The Labute approximate surface area is 229 Å². The van der Waals surface area contributed by atoms with E-state index in [9.17, 15) is 26.4 Å². The topological polar surface area (TPSA) is 121 Å². The van der Waals surface area contributed by atoms with Crippen LogP contribution in [0.2, 0.25) is 0 Å². The predicted molar refractivity (Wildman–Crippen MR) is 144 cm³/mol. The fraction of sp³-hybridized carbons (Fsp3) is 0.520. The highest BCUT2D eigenvalue weighted by molar-refractivity contribution is 7.98. The van der Waals surface area contributed by atoms with E-state index in [-0.39, 0.29) is 17.4 Å². The lowest BCUT2D eigenvalue weighted by Crippen LogP contribution is -2.35. The molecule has 1 aliphatic carbocycles. The van der Waals surface area contributed by atoms with Crippen molar-refractivity contribution in [1.82, 2.24) is 4.98 Å². The van der Waals surface area contributed by atoms with Crippen LogP contribution in [0.25, 0.3) is 0 Å². The maximum absolute atomic E-state index is 13.4. The largest absolute Gasteiger partial charge is 0.476 e. The number of pyridine rings is 1. The number of halogens is 3. The van der Waals surface area contributed by atoms with Crippen LogP contribution in [0.3, 0.4) is 0 Å². The van der Waals surface area contributed by atoms with E-state index in [4.69, 9.17) is 9.84 Å².